The second-order valence-electron chi connectivity index (χ2n) is 5.77. The van der Waals surface area contributed by atoms with Gasteiger partial charge in [0.2, 0.25) is 12.2 Å². The Hall–Kier alpha value is -2.54. The molecule has 9 nitrogen and oxygen atoms in total. The quantitative estimate of drug-likeness (QED) is 0.195. The Kier molecular flexibility index (Phi) is 8.05. The van der Waals surface area contributed by atoms with E-state index in [0.717, 1.165) is 24.3 Å². The Balaban J connectivity index is 2.64. The van der Waals surface area contributed by atoms with E-state index in [9.17, 15) is 21.6 Å². The largest absolute Gasteiger partial charge is 0.501 e. The van der Waals surface area contributed by atoms with E-state index in [1.54, 1.807) is 6.92 Å². The third-order valence-corrected chi connectivity index (χ3v) is 4.52. The molecule has 1 aromatic rings. The van der Waals surface area contributed by atoms with Crippen molar-refractivity contribution in [1.82, 2.24) is 16.1 Å². The summed E-state index contributed by atoms with van der Waals surface area (Å²) < 4.78 is 65.6. The Morgan fingerprint density at radius 2 is 1.71 bits per heavy atom. The number of nitrogens with one attached hydrogen (secondary N) is 5. The van der Waals surface area contributed by atoms with Crippen LogP contribution >= 0.6 is 0 Å². The number of guanidine groups is 2. The van der Waals surface area contributed by atoms with Crippen LogP contribution in [0.4, 0.5) is 13.2 Å². The van der Waals surface area contributed by atoms with Gasteiger partial charge in [0.1, 0.15) is 5.75 Å². The zero-order valence-corrected chi connectivity index (χ0v) is 16.2. The van der Waals surface area contributed by atoms with Gasteiger partial charge in [-0.2, -0.15) is 13.2 Å². The molecule has 0 fully saturated rings. The van der Waals surface area contributed by atoms with Gasteiger partial charge in [-0.1, -0.05) is 6.92 Å². The van der Waals surface area contributed by atoms with Crippen molar-refractivity contribution in [2.24, 2.45) is 0 Å². The van der Waals surface area contributed by atoms with Gasteiger partial charge in [-0.25, -0.2) is 18.7 Å². The van der Waals surface area contributed by atoms with E-state index in [1.165, 1.54) is 0 Å². The normalized spacial score (nSPS) is 13.0. The molecule has 0 aliphatic rings. The molecule has 0 heterocycles. The predicted octanol–water partition coefficient (Wildman–Crippen LogP) is 2.07. The molecule has 1 aromatic carbocycles. The second kappa shape index (κ2) is 9.59. The van der Waals surface area contributed by atoms with Crippen LogP contribution < -0.4 is 20.9 Å². The topological polar surface area (TPSA) is 136 Å². The molecular weight excluding hydrogens is 403 g/mol. The highest BCUT2D eigenvalue weighted by Gasteiger charge is 2.46. The van der Waals surface area contributed by atoms with Crippen LogP contribution in [0.2, 0.25) is 0 Å². The summed E-state index contributed by atoms with van der Waals surface area (Å²) in [6, 6.07) is 3.68. The molecule has 1 atom stereocenters. The summed E-state index contributed by atoms with van der Waals surface area (Å²) >= 11 is 0. The van der Waals surface area contributed by atoms with Crippen molar-refractivity contribution >= 4 is 21.8 Å². The van der Waals surface area contributed by atoms with Gasteiger partial charge in [0, 0.05) is 12.5 Å². The predicted molar refractivity (Wildman–Crippen MR) is 95.5 cm³/mol. The van der Waals surface area contributed by atoms with Crippen LogP contribution in [0.3, 0.4) is 0 Å². The fourth-order valence-corrected chi connectivity index (χ4v) is 2.54. The van der Waals surface area contributed by atoms with E-state index in [4.69, 9.17) is 20.4 Å². The Morgan fingerprint density at radius 1 is 1.14 bits per heavy atom. The number of hydrogen-bond acceptors (Lipinski definition) is 6. The van der Waals surface area contributed by atoms with E-state index in [0.29, 0.717) is 6.42 Å². The SMILES string of the molecule is CCC(ONC(=N)NC(=N)NC(C)C)Oc1ccc(S(=O)(=O)C(F)(F)F)cc1. The fourth-order valence-electron chi connectivity index (χ4n) is 1.77. The lowest BCUT2D eigenvalue weighted by atomic mass is 10.3. The summed E-state index contributed by atoms with van der Waals surface area (Å²) in [5.41, 5.74) is -3.15. The van der Waals surface area contributed by atoms with Crippen LogP contribution in [0.1, 0.15) is 27.2 Å². The lowest BCUT2D eigenvalue weighted by Gasteiger charge is -2.20. The first-order valence-corrected chi connectivity index (χ1v) is 9.55. The van der Waals surface area contributed by atoms with E-state index in [2.05, 4.69) is 16.1 Å². The van der Waals surface area contributed by atoms with E-state index in [1.807, 2.05) is 13.8 Å². The molecule has 0 amide bonds. The minimum absolute atomic E-state index is 0.00965. The molecule has 0 aliphatic carbocycles. The molecule has 0 aromatic heterocycles. The number of ether oxygens (including phenoxy) is 1. The van der Waals surface area contributed by atoms with Gasteiger partial charge in [0.15, 0.2) is 5.96 Å². The maximum Gasteiger partial charge on any atom is 0.501 e. The van der Waals surface area contributed by atoms with Gasteiger partial charge in [0.25, 0.3) is 9.84 Å². The van der Waals surface area contributed by atoms with Gasteiger partial charge in [-0.3, -0.25) is 16.1 Å². The van der Waals surface area contributed by atoms with Crippen LogP contribution in [0, 0.1) is 10.8 Å². The third kappa shape index (κ3) is 6.88. The van der Waals surface area contributed by atoms with Gasteiger partial charge >= 0.3 is 5.51 Å². The van der Waals surface area contributed by atoms with Crippen molar-refractivity contribution in [3.8, 4) is 5.75 Å². The summed E-state index contributed by atoms with van der Waals surface area (Å²) in [4.78, 5) is 4.23. The molecule has 13 heteroatoms. The van der Waals surface area contributed by atoms with Crippen LogP contribution in [0.5, 0.6) is 5.75 Å². The van der Waals surface area contributed by atoms with Gasteiger partial charge in [0.05, 0.1) is 4.90 Å². The van der Waals surface area contributed by atoms with Crippen molar-refractivity contribution in [3.63, 3.8) is 0 Å². The highest BCUT2D eigenvalue weighted by molar-refractivity contribution is 7.92. The van der Waals surface area contributed by atoms with Crippen molar-refractivity contribution in [3.05, 3.63) is 24.3 Å². The fraction of sp³-hybridized carbons (Fsp3) is 0.467. The zero-order chi connectivity index (χ0) is 21.5. The summed E-state index contributed by atoms with van der Waals surface area (Å²) in [6.07, 6.45) is -0.635. The Bertz CT molecular complexity index is 782. The standard InChI is InChI=1S/C15H22F3N5O4S/c1-4-12(27-23-14(20)22-13(19)21-9(2)3)26-10-5-7-11(8-6-10)28(24,25)15(16,17)18/h5-9,12H,4H2,1-3H3,(H5,19,20,21,22,23). The molecule has 5 N–H and O–H groups in total. The molecule has 0 bridgehead atoms. The molecule has 1 rings (SSSR count). The summed E-state index contributed by atoms with van der Waals surface area (Å²) in [7, 11) is -5.43. The minimum Gasteiger partial charge on any atom is -0.463 e. The van der Waals surface area contributed by atoms with Gasteiger partial charge < -0.3 is 10.1 Å². The first kappa shape index (κ1) is 23.5. The molecule has 158 valence electrons. The van der Waals surface area contributed by atoms with Crippen molar-refractivity contribution in [1.29, 1.82) is 10.8 Å². The number of rotatable bonds is 7. The lowest BCUT2D eigenvalue weighted by molar-refractivity contribution is -0.111. The number of benzene rings is 1. The van der Waals surface area contributed by atoms with Crippen LogP contribution in [-0.4, -0.2) is 38.2 Å². The van der Waals surface area contributed by atoms with Gasteiger partial charge in [-0.15, -0.1) is 0 Å². The summed E-state index contributed by atoms with van der Waals surface area (Å²) in [5.74, 6) is -0.387. The lowest BCUT2D eigenvalue weighted by Crippen LogP contribution is -2.48. The first-order chi connectivity index (χ1) is 12.9. The maximum atomic E-state index is 12.5. The van der Waals surface area contributed by atoms with Crippen LogP contribution in [0.15, 0.2) is 29.2 Å². The smallest absolute Gasteiger partial charge is 0.463 e. The average molecular weight is 425 g/mol. The maximum absolute atomic E-state index is 12.5. The highest BCUT2D eigenvalue weighted by Crippen LogP contribution is 2.31. The summed E-state index contributed by atoms with van der Waals surface area (Å²) in [6.45, 7) is 5.32. The molecule has 0 radical (unpaired) electrons. The molecule has 0 saturated heterocycles. The monoisotopic (exact) mass is 425 g/mol. The van der Waals surface area contributed by atoms with Crippen molar-refractivity contribution < 1.29 is 31.2 Å². The van der Waals surface area contributed by atoms with Gasteiger partial charge in [-0.05, 0) is 38.1 Å². The molecule has 28 heavy (non-hydrogen) atoms. The van der Waals surface area contributed by atoms with Crippen molar-refractivity contribution in [2.45, 2.75) is 49.9 Å². The number of alkyl halides is 3. The van der Waals surface area contributed by atoms with Crippen LogP contribution in [-0.2, 0) is 14.7 Å². The van der Waals surface area contributed by atoms with E-state index in [-0.39, 0.29) is 23.7 Å². The zero-order valence-electron chi connectivity index (χ0n) is 15.3. The average Bonchev–Trinajstić information content (AvgIpc) is 2.57. The second-order valence-corrected chi connectivity index (χ2v) is 7.71. The Labute approximate surface area is 160 Å². The molecule has 0 aliphatic heterocycles. The van der Waals surface area contributed by atoms with E-state index >= 15 is 0 Å². The molecule has 0 saturated carbocycles. The summed E-state index contributed by atoms with van der Waals surface area (Å²) in [5, 5.41) is 20.3. The van der Waals surface area contributed by atoms with Crippen LogP contribution in [0.25, 0.3) is 0 Å². The third-order valence-electron chi connectivity index (χ3n) is 3.02. The van der Waals surface area contributed by atoms with Crippen molar-refractivity contribution in [2.75, 3.05) is 0 Å². The number of hydrogen-bond donors (Lipinski definition) is 5. The number of hydroxylamine groups is 1. The Morgan fingerprint density at radius 3 is 2.18 bits per heavy atom. The molecular formula is C15H22F3N5O4S. The molecule has 1 unspecified atom stereocenters. The minimum atomic E-state index is -5.43. The molecule has 0 spiro atoms. The first-order valence-electron chi connectivity index (χ1n) is 8.07. The highest BCUT2D eigenvalue weighted by atomic mass is 32.2. The van der Waals surface area contributed by atoms with E-state index < -0.39 is 26.5 Å². The number of halogens is 3. The number of sulfone groups is 1.